The van der Waals surface area contributed by atoms with E-state index >= 15 is 0 Å². The fourth-order valence-electron chi connectivity index (χ4n) is 3.83. The quantitative estimate of drug-likeness (QED) is 0.590. The highest BCUT2D eigenvalue weighted by Gasteiger charge is 2.31. The van der Waals surface area contributed by atoms with Crippen LogP contribution in [0, 0.1) is 5.92 Å². The van der Waals surface area contributed by atoms with Gasteiger partial charge in [0.2, 0.25) is 0 Å². The highest BCUT2D eigenvalue weighted by molar-refractivity contribution is 5.65. The number of hydrogen-bond acceptors (Lipinski definition) is 5. The van der Waals surface area contributed by atoms with E-state index in [2.05, 4.69) is 43.3 Å². The summed E-state index contributed by atoms with van der Waals surface area (Å²) in [6, 6.07) is 9.61. The van der Waals surface area contributed by atoms with Gasteiger partial charge >= 0.3 is 6.36 Å². The molecular formula is C23H26F3N5O. The number of ether oxygens (including phenoxy) is 1. The van der Waals surface area contributed by atoms with Crippen LogP contribution < -0.4 is 9.64 Å². The molecule has 0 saturated carbocycles. The monoisotopic (exact) mass is 445 g/mol. The van der Waals surface area contributed by atoms with Crippen LogP contribution in [0.25, 0.3) is 22.6 Å². The second kappa shape index (κ2) is 9.20. The van der Waals surface area contributed by atoms with E-state index in [1.165, 1.54) is 12.1 Å². The third-order valence-corrected chi connectivity index (χ3v) is 5.30. The van der Waals surface area contributed by atoms with Crippen molar-refractivity contribution in [2.45, 2.75) is 20.2 Å². The number of pyridine rings is 1. The zero-order valence-corrected chi connectivity index (χ0v) is 18.1. The second-order valence-corrected chi connectivity index (χ2v) is 8.29. The number of H-pyrrole nitrogens is 1. The van der Waals surface area contributed by atoms with Crippen LogP contribution in [-0.4, -0.2) is 58.9 Å². The first-order valence-corrected chi connectivity index (χ1v) is 10.6. The normalized spacial score (nSPS) is 15.4. The van der Waals surface area contributed by atoms with Crippen LogP contribution >= 0.6 is 0 Å². The third kappa shape index (κ3) is 5.59. The second-order valence-electron chi connectivity index (χ2n) is 8.29. The summed E-state index contributed by atoms with van der Waals surface area (Å²) in [6.45, 7) is 9.59. The molecule has 1 aromatic carbocycles. The molecule has 1 aliphatic rings. The number of anilines is 1. The first kappa shape index (κ1) is 22.1. The summed E-state index contributed by atoms with van der Waals surface area (Å²) in [5.41, 5.74) is 2.16. The first-order valence-electron chi connectivity index (χ1n) is 10.6. The Morgan fingerprint density at radius 2 is 1.69 bits per heavy atom. The van der Waals surface area contributed by atoms with Gasteiger partial charge in [0.05, 0.1) is 5.69 Å². The predicted molar refractivity (Wildman–Crippen MR) is 117 cm³/mol. The Morgan fingerprint density at radius 3 is 2.28 bits per heavy atom. The minimum atomic E-state index is -4.71. The predicted octanol–water partition coefficient (Wildman–Crippen LogP) is 4.82. The molecule has 0 spiro atoms. The number of aromatic nitrogens is 3. The van der Waals surface area contributed by atoms with Crippen molar-refractivity contribution < 1.29 is 17.9 Å². The molecule has 2 aromatic heterocycles. The molecule has 3 aromatic rings. The lowest BCUT2D eigenvalue weighted by Gasteiger charge is -2.36. The molecule has 1 saturated heterocycles. The number of piperazine rings is 1. The van der Waals surface area contributed by atoms with Gasteiger partial charge in [0.15, 0.2) is 0 Å². The summed E-state index contributed by atoms with van der Waals surface area (Å²) < 4.78 is 40.9. The molecule has 0 radical (unpaired) electrons. The van der Waals surface area contributed by atoms with Gasteiger partial charge in [0.1, 0.15) is 17.4 Å². The molecule has 1 aliphatic heterocycles. The molecule has 4 rings (SSSR count). The Hall–Kier alpha value is -3.07. The van der Waals surface area contributed by atoms with Crippen molar-refractivity contribution in [2.75, 3.05) is 37.6 Å². The van der Waals surface area contributed by atoms with Crippen LogP contribution in [0.5, 0.6) is 5.75 Å². The van der Waals surface area contributed by atoms with E-state index in [0.29, 0.717) is 23.0 Å². The van der Waals surface area contributed by atoms with E-state index in [4.69, 9.17) is 0 Å². The van der Waals surface area contributed by atoms with E-state index < -0.39 is 6.36 Å². The minimum absolute atomic E-state index is 0.262. The van der Waals surface area contributed by atoms with Gasteiger partial charge in [0, 0.05) is 56.2 Å². The number of halogens is 3. The lowest BCUT2D eigenvalue weighted by Crippen LogP contribution is -2.47. The third-order valence-electron chi connectivity index (χ3n) is 5.30. The highest BCUT2D eigenvalue weighted by Crippen LogP contribution is 2.27. The average Bonchev–Trinajstić information content (AvgIpc) is 3.24. The molecule has 170 valence electrons. The Bertz CT molecular complexity index is 1010. The molecule has 0 aliphatic carbocycles. The van der Waals surface area contributed by atoms with E-state index in [1.807, 2.05) is 12.1 Å². The number of nitrogens with one attached hydrogen (secondary N) is 1. The van der Waals surface area contributed by atoms with E-state index in [9.17, 15) is 13.2 Å². The molecule has 0 bridgehead atoms. The maximum atomic E-state index is 12.3. The van der Waals surface area contributed by atoms with Gasteiger partial charge < -0.3 is 14.6 Å². The van der Waals surface area contributed by atoms with Crippen LogP contribution in [0.15, 0.2) is 48.8 Å². The molecular weight excluding hydrogens is 419 g/mol. The van der Waals surface area contributed by atoms with E-state index in [-0.39, 0.29) is 5.75 Å². The van der Waals surface area contributed by atoms with Crippen molar-refractivity contribution in [2.24, 2.45) is 5.92 Å². The lowest BCUT2D eigenvalue weighted by molar-refractivity contribution is -0.274. The molecule has 6 nitrogen and oxygen atoms in total. The number of rotatable bonds is 6. The van der Waals surface area contributed by atoms with Gasteiger partial charge in [-0.2, -0.15) is 0 Å². The summed E-state index contributed by atoms with van der Waals surface area (Å²) >= 11 is 0. The molecule has 9 heteroatoms. The van der Waals surface area contributed by atoms with Crippen LogP contribution in [0.1, 0.15) is 13.8 Å². The highest BCUT2D eigenvalue weighted by atomic mass is 19.4. The summed E-state index contributed by atoms with van der Waals surface area (Å²) in [5, 5.41) is 0. The van der Waals surface area contributed by atoms with Gasteiger partial charge in [-0.3, -0.25) is 4.90 Å². The largest absolute Gasteiger partial charge is 0.573 e. The first-order chi connectivity index (χ1) is 15.3. The maximum absolute atomic E-state index is 12.3. The Morgan fingerprint density at radius 1 is 1.00 bits per heavy atom. The van der Waals surface area contributed by atoms with Crippen LogP contribution in [-0.2, 0) is 0 Å². The molecule has 0 amide bonds. The lowest BCUT2D eigenvalue weighted by atomic mass is 10.1. The van der Waals surface area contributed by atoms with Crippen molar-refractivity contribution in [3.05, 3.63) is 48.8 Å². The van der Waals surface area contributed by atoms with Crippen LogP contribution in [0.3, 0.4) is 0 Å². The zero-order chi connectivity index (χ0) is 22.7. The summed E-state index contributed by atoms with van der Waals surface area (Å²) in [5.74, 6) is 2.01. The fraction of sp³-hybridized carbons (Fsp3) is 0.391. The van der Waals surface area contributed by atoms with E-state index in [0.717, 1.165) is 44.1 Å². The van der Waals surface area contributed by atoms with Gasteiger partial charge in [-0.15, -0.1) is 13.2 Å². The SMILES string of the molecule is CC(C)CN1CCN(c2ccc(-c3nc(-c4ccc(OC(F)(F)F)cc4)c[nH]3)cn2)CC1. The number of alkyl halides is 3. The van der Waals surface area contributed by atoms with Crippen molar-refractivity contribution in [3.8, 4) is 28.4 Å². The molecule has 0 atom stereocenters. The smallest absolute Gasteiger partial charge is 0.406 e. The van der Waals surface area contributed by atoms with Crippen molar-refractivity contribution in [3.63, 3.8) is 0 Å². The molecule has 0 unspecified atom stereocenters. The number of hydrogen-bond donors (Lipinski definition) is 1. The Kier molecular flexibility index (Phi) is 6.36. The molecule has 1 N–H and O–H groups in total. The maximum Gasteiger partial charge on any atom is 0.573 e. The molecule has 1 fully saturated rings. The molecule has 3 heterocycles. The Labute approximate surface area is 185 Å². The summed E-state index contributed by atoms with van der Waals surface area (Å²) in [6.07, 6.45) is -1.20. The zero-order valence-electron chi connectivity index (χ0n) is 18.1. The summed E-state index contributed by atoms with van der Waals surface area (Å²) in [7, 11) is 0. The van der Waals surface area contributed by atoms with Crippen molar-refractivity contribution >= 4 is 5.82 Å². The number of benzene rings is 1. The number of imidazole rings is 1. The topological polar surface area (TPSA) is 57.3 Å². The van der Waals surface area contributed by atoms with Crippen LogP contribution in [0.2, 0.25) is 0 Å². The van der Waals surface area contributed by atoms with Gasteiger partial charge in [-0.25, -0.2) is 9.97 Å². The summed E-state index contributed by atoms with van der Waals surface area (Å²) in [4.78, 5) is 17.1. The van der Waals surface area contributed by atoms with Gasteiger partial charge in [0.25, 0.3) is 0 Å². The number of aromatic amines is 1. The van der Waals surface area contributed by atoms with Crippen molar-refractivity contribution in [1.82, 2.24) is 19.9 Å². The van der Waals surface area contributed by atoms with Gasteiger partial charge in [-0.1, -0.05) is 13.8 Å². The standard InChI is InChI=1S/C23H26F3N5O/c1-16(2)15-30-9-11-31(12-10-30)21-8-5-18(13-27-21)22-28-14-20(29-22)17-3-6-19(7-4-17)32-23(24,25)26/h3-8,13-14,16H,9-12,15H2,1-2H3,(H,28,29). The minimum Gasteiger partial charge on any atom is -0.406 e. The fourth-order valence-corrected chi connectivity index (χ4v) is 3.83. The number of nitrogens with zero attached hydrogens (tertiary/aromatic N) is 4. The van der Waals surface area contributed by atoms with Gasteiger partial charge in [-0.05, 0) is 42.3 Å². The van der Waals surface area contributed by atoms with Crippen LogP contribution in [0.4, 0.5) is 19.0 Å². The Balaban J connectivity index is 1.39. The average molecular weight is 445 g/mol. The van der Waals surface area contributed by atoms with Crippen molar-refractivity contribution in [1.29, 1.82) is 0 Å². The van der Waals surface area contributed by atoms with E-state index in [1.54, 1.807) is 24.5 Å². The molecule has 32 heavy (non-hydrogen) atoms.